The first-order valence-electron chi connectivity index (χ1n) is 6.05. The molecular weight excluding hydrogens is 270 g/mol. The standard InChI is InChI=1S/C11H21NO6Si/c1-6-12(7-2)8-19(16-9(3)13,17-10(4)14)18-11(5)15/h6-8H2,1-5H3. The summed E-state index contributed by atoms with van der Waals surface area (Å²) >= 11 is 0. The third-order valence-electron chi connectivity index (χ3n) is 2.21. The average Bonchev–Trinajstić information content (AvgIpc) is 2.22. The highest BCUT2D eigenvalue weighted by Crippen LogP contribution is 2.14. The Bertz CT molecular complexity index is 301. The van der Waals surface area contributed by atoms with Crippen LogP contribution in [0.4, 0.5) is 0 Å². The van der Waals surface area contributed by atoms with E-state index >= 15 is 0 Å². The van der Waals surface area contributed by atoms with Crippen molar-refractivity contribution in [2.24, 2.45) is 0 Å². The summed E-state index contributed by atoms with van der Waals surface area (Å²) in [5.41, 5.74) is 0. The van der Waals surface area contributed by atoms with Crippen molar-refractivity contribution < 1.29 is 27.7 Å². The van der Waals surface area contributed by atoms with Crippen molar-refractivity contribution in [2.75, 3.05) is 19.3 Å². The first-order valence-corrected chi connectivity index (χ1v) is 7.99. The minimum atomic E-state index is -3.71. The number of carbonyl (C=O) groups excluding carboxylic acids is 3. The zero-order valence-electron chi connectivity index (χ0n) is 12.0. The summed E-state index contributed by atoms with van der Waals surface area (Å²) in [6.07, 6.45) is 0.0960. The smallest absolute Gasteiger partial charge is 0.455 e. The summed E-state index contributed by atoms with van der Waals surface area (Å²) in [6.45, 7) is 8.63. The Morgan fingerprint density at radius 2 is 1.16 bits per heavy atom. The van der Waals surface area contributed by atoms with Gasteiger partial charge in [0, 0.05) is 20.8 Å². The molecule has 0 radical (unpaired) electrons. The van der Waals surface area contributed by atoms with E-state index in [0.29, 0.717) is 13.1 Å². The second-order valence-electron chi connectivity index (χ2n) is 3.93. The van der Waals surface area contributed by atoms with Gasteiger partial charge in [-0.2, -0.15) is 0 Å². The molecule has 19 heavy (non-hydrogen) atoms. The SMILES string of the molecule is CCN(CC)C[Si](OC(C)=O)(OC(C)=O)OC(C)=O. The van der Waals surface area contributed by atoms with Gasteiger partial charge in [0.1, 0.15) is 6.17 Å². The molecule has 0 aromatic rings. The first kappa shape index (κ1) is 17.6. The Morgan fingerprint density at radius 1 is 0.842 bits per heavy atom. The van der Waals surface area contributed by atoms with Crippen LogP contribution in [0.15, 0.2) is 0 Å². The molecule has 0 atom stereocenters. The van der Waals surface area contributed by atoms with E-state index in [1.165, 1.54) is 20.8 Å². The normalized spacial score (nSPS) is 11.1. The van der Waals surface area contributed by atoms with Gasteiger partial charge in [0.15, 0.2) is 0 Å². The number of rotatable bonds is 7. The van der Waals surface area contributed by atoms with E-state index in [2.05, 4.69) is 0 Å². The topological polar surface area (TPSA) is 82.1 Å². The molecule has 0 fully saturated rings. The van der Waals surface area contributed by atoms with Crippen molar-refractivity contribution in [3.8, 4) is 0 Å². The molecule has 0 aromatic carbocycles. The second kappa shape index (κ2) is 7.90. The molecule has 8 heteroatoms. The summed E-state index contributed by atoms with van der Waals surface area (Å²) in [6, 6.07) is 0. The maximum absolute atomic E-state index is 11.2. The highest BCUT2D eigenvalue weighted by molar-refractivity contribution is 6.65. The number of nitrogens with zero attached hydrogens (tertiary/aromatic N) is 1. The van der Waals surface area contributed by atoms with Gasteiger partial charge >= 0.3 is 8.80 Å². The molecule has 0 saturated heterocycles. The molecular formula is C11H21NO6Si. The second-order valence-corrected chi connectivity index (χ2v) is 6.22. The number of hydrogen-bond acceptors (Lipinski definition) is 7. The lowest BCUT2D eigenvalue weighted by molar-refractivity contribution is -0.148. The van der Waals surface area contributed by atoms with Gasteiger partial charge in [-0.3, -0.25) is 19.3 Å². The fraction of sp³-hybridized carbons (Fsp3) is 0.727. The summed E-state index contributed by atoms with van der Waals surface area (Å²) in [5, 5.41) is 0. The van der Waals surface area contributed by atoms with Crippen molar-refractivity contribution in [3.05, 3.63) is 0 Å². The van der Waals surface area contributed by atoms with Gasteiger partial charge in [0.25, 0.3) is 17.9 Å². The van der Waals surface area contributed by atoms with Crippen LogP contribution < -0.4 is 0 Å². The van der Waals surface area contributed by atoms with Gasteiger partial charge in [0.2, 0.25) is 0 Å². The van der Waals surface area contributed by atoms with Crippen LogP contribution in [0.3, 0.4) is 0 Å². The summed E-state index contributed by atoms with van der Waals surface area (Å²) in [5.74, 6) is -1.95. The molecule has 0 aliphatic heterocycles. The summed E-state index contributed by atoms with van der Waals surface area (Å²) < 4.78 is 15.2. The molecule has 0 unspecified atom stereocenters. The van der Waals surface area contributed by atoms with Gasteiger partial charge in [-0.05, 0) is 13.1 Å². The molecule has 0 aliphatic rings. The molecule has 0 N–H and O–H groups in total. The van der Waals surface area contributed by atoms with Gasteiger partial charge in [0.05, 0.1) is 0 Å². The highest BCUT2D eigenvalue weighted by atomic mass is 28.4. The van der Waals surface area contributed by atoms with Crippen molar-refractivity contribution >= 4 is 26.7 Å². The van der Waals surface area contributed by atoms with Crippen molar-refractivity contribution in [2.45, 2.75) is 34.6 Å². The van der Waals surface area contributed by atoms with Crippen LogP contribution in [0.2, 0.25) is 0 Å². The molecule has 0 bridgehead atoms. The maximum atomic E-state index is 11.2. The Morgan fingerprint density at radius 3 is 1.37 bits per heavy atom. The van der Waals surface area contributed by atoms with Crippen LogP contribution in [0.1, 0.15) is 34.6 Å². The third-order valence-corrected chi connectivity index (χ3v) is 4.84. The van der Waals surface area contributed by atoms with Crippen molar-refractivity contribution in [3.63, 3.8) is 0 Å². The lowest BCUT2D eigenvalue weighted by Crippen LogP contribution is -2.57. The van der Waals surface area contributed by atoms with Crippen molar-refractivity contribution in [1.29, 1.82) is 0 Å². The highest BCUT2D eigenvalue weighted by Gasteiger charge is 2.53. The molecule has 0 aromatic heterocycles. The summed E-state index contributed by atoms with van der Waals surface area (Å²) in [7, 11) is -3.71. The molecule has 0 aliphatic carbocycles. The maximum Gasteiger partial charge on any atom is 0.720 e. The Kier molecular flexibility index (Phi) is 7.31. The number of hydrogen-bond donors (Lipinski definition) is 0. The molecule has 0 heterocycles. The van der Waals surface area contributed by atoms with Crippen LogP contribution in [-0.2, 0) is 27.7 Å². The fourth-order valence-corrected chi connectivity index (χ4v) is 4.16. The molecule has 0 saturated carbocycles. The van der Waals surface area contributed by atoms with E-state index in [1.54, 1.807) is 0 Å². The molecule has 7 nitrogen and oxygen atoms in total. The van der Waals surface area contributed by atoms with Gasteiger partial charge < -0.3 is 13.3 Å². The first-order chi connectivity index (χ1) is 8.74. The van der Waals surface area contributed by atoms with Crippen LogP contribution in [-0.4, -0.2) is 50.9 Å². The Hall–Kier alpha value is -1.41. The van der Waals surface area contributed by atoms with Crippen LogP contribution in [0.5, 0.6) is 0 Å². The van der Waals surface area contributed by atoms with Gasteiger partial charge in [-0.25, -0.2) is 0 Å². The molecule has 0 amide bonds. The zero-order valence-corrected chi connectivity index (χ0v) is 13.0. The minimum Gasteiger partial charge on any atom is -0.455 e. The van der Waals surface area contributed by atoms with E-state index in [4.69, 9.17) is 13.3 Å². The monoisotopic (exact) mass is 291 g/mol. The van der Waals surface area contributed by atoms with E-state index in [9.17, 15) is 14.4 Å². The van der Waals surface area contributed by atoms with E-state index in [-0.39, 0.29) is 6.17 Å². The lowest BCUT2D eigenvalue weighted by atomic mass is 10.6. The van der Waals surface area contributed by atoms with E-state index in [1.807, 2.05) is 18.7 Å². The third kappa shape index (κ3) is 6.92. The van der Waals surface area contributed by atoms with Gasteiger partial charge in [-0.1, -0.05) is 13.8 Å². The Balaban J connectivity index is 5.24. The molecule has 0 rings (SSSR count). The largest absolute Gasteiger partial charge is 0.720 e. The quantitative estimate of drug-likeness (QED) is 0.631. The van der Waals surface area contributed by atoms with Crippen LogP contribution in [0.25, 0.3) is 0 Å². The minimum absolute atomic E-state index is 0.0960. The lowest BCUT2D eigenvalue weighted by Gasteiger charge is -2.30. The fourth-order valence-electron chi connectivity index (χ4n) is 1.54. The predicted octanol–water partition coefficient (Wildman–Crippen LogP) is 0.496. The van der Waals surface area contributed by atoms with Crippen molar-refractivity contribution in [1.82, 2.24) is 4.90 Å². The van der Waals surface area contributed by atoms with E-state index < -0.39 is 26.7 Å². The van der Waals surface area contributed by atoms with E-state index in [0.717, 1.165) is 0 Å². The number of carbonyl (C=O) groups is 3. The Labute approximate surface area is 114 Å². The molecule has 0 spiro atoms. The zero-order chi connectivity index (χ0) is 15.1. The average molecular weight is 291 g/mol. The van der Waals surface area contributed by atoms with Gasteiger partial charge in [-0.15, -0.1) is 0 Å². The summed E-state index contributed by atoms with van der Waals surface area (Å²) in [4.78, 5) is 35.4. The van der Waals surface area contributed by atoms with Crippen LogP contribution >= 0.6 is 0 Å². The van der Waals surface area contributed by atoms with Crippen LogP contribution in [0, 0.1) is 0 Å². The predicted molar refractivity (Wildman–Crippen MR) is 68.8 cm³/mol. The molecule has 110 valence electrons.